The molecule has 1 unspecified atom stereocenters. The number of rotatable bonds is 8. The van der Waals surface area contributed by atoms with E-state index < -0.39 is 18.2 Å². The van der Waals surface area contributed by atoms with Crippen molar-refractivity contribution in [3.8, 4) is 5.75 Å². The lowest BCUT2D eigenvalue weighted by molar-refractivity contribution is -0.177. The molecule has 25 heavy (non-hydrogen) atoms. The number of carbonyl (C=O) groups excluding carboxylic acids is 1. The molecule has 0 aliphatic heterocycles. The molecule has 5 nitrogen and oxygen atoms in total. The van der Waals surface area contributed by atoms with Gasteiger partial charge in [0.25, 0.3) is 0 Å². The van der Waals surface area contributed by atoms with Crippen LogP contribution in [0.4, 0.5) is 0 Å². The summed E-state index contributed by atoms with van der Waals surface area (Å²) in [5, 5.41) is 10.0. The van der Waals surface area contributed by atoms with Crippen LogP contribution in [-0.4, -0.2) is 31.4 Å². The van der Waals surface area contributed by atoms with E-state index in [-0.39, 0.29) is 11.6 Å². The minimum absolute atomic E-state index is 0.207. The molecule has 0 aliphatic rings. The molecule has 2 rings (SSSR count). The van der Waals surface area contributed by atoms with Crippen LogP contribution in [0.15, 0.2) is 48.5 Å². The summed E-state index contributed by atoms with van der Waals surface area (Å²) in [6, 6.07) is 14.6. The van der Waals surface area contributed by atoms with Gasteiger partial charge in [-0.3, -0.25) is 0 Å². The molecule has 6 heteroatoms. The van der Waals surface area contributed by atoms with E-state index in [1.165, 1.54) is 7.11 Å². The summed E-state index contributed by atoms with van der Waals surface area (Å²) in [6.45, 7) is 1.73. The second-order valence-electron chi connectivity index (χ2n) is 5.33. The molecule has 1 atom stereocenters. The van der Waals surface area contributed by atoms with E-state index in [0.29, 0.717) is 17.9 Å². The Morgan fingerprint density at radius 2 is 1.92 bits per heavy atom. The Kier molecular flexibility index (Phi) is 6.82. The topological polar surface area (TPSA) is 65.0 Å². The lowest BCUT2D eigenvalue weighted by atomic mass is 9.94. The molecule has 0 bridgehead atoms. The van der Waals surface area contributed by atoms with E-state index in [1.54, 1.807) is 25.1 Å². The van der Waals surface area contributed by atoms with E-state index in [2.05, 4.69) is 0 Å². The van der Waals surface area contributed by atoms with E-state index in [0.717, 1.165) is 5.56 Å². The summed E-state index contributed by atoms with van der Waals surface area (Å²) < 4.78 is 16.0. The fourth-order valence-electron chi connectivity index (χ4n) is 2.51. The van der Waals surface area contributed by atoms with Crippen LogP contribution in [0.5, 0.6) is 5.75 Å². The highest BCUT2D eigenvalue weighted by molar-refractivity contribution is 6.31. The Morgan fingerprint density at radius 1 is 1.20 bits per heavy atom. The number of aliphatic hydroxyl groups is 1. The summed E-state index contributed by atoms with van der Waals surface area (Å²) in [5.74, 6) is -0.164. The predicted octanol–water partition coefficient (Wildman–Crippen LogP) is 3.32. The SMILES string of the molecule is CCOC(CO)(C(=O)OC)c1ccc(OCc2ccccc2)cc1Cl. The molecule has 0 saturated carbocycles. The predicted molar refractivity (Wildman–Crippen MR) is 94.6 cm³/mol. The minimum Gasteiger partial charge on any atom is -0.489 e. The van der Waals surface area contributed by atoms with E-state index in [4.69, 9.17) is 25.8 Å². The van der Waals surface area contributed by atoms with Gasteiger partial charge in [0, 0.05) is 12.2 Å². The van der Waals surface area contributed by atoms with E-state index in [9.17, 15) is 9.90 Å². The number of methoxy groups -OCH3 is 1. The van der Waals surface area contributed by atoms with Gasteiger partial charge in [-0.15, -0.1) is 0 Å². The Hall–Kier alpha value is -2.08. The van der Waals surface area contributed by atoms with Crippen molar-refractivity contribution in [2.24, 2.45) is 0 Å². The van der Waals surface area contributed by atoms with Crippen LogP contribution < -0.4 is 4.74 Å². The highest BCUT2D eigenvalue weighted by atomic mass is 35.5. The van der Waals surface area contributed by atoms with Crippen molar-refractivity contribution in [2.75, 3.05) is 20.3 Å². The maximum atomic E-state index is 12.2. The molecule has 0 amide bonds. The van der Waals surface area contributed by atoms with Gasteiger partial charge in [-0.1, -0.05) is 48.0 Å². The Balaban J connectivity index is 2.26. The first-order valence-corrected chi connectivity index (χ1v) is 8.25. The van der Waals surface area contributed by atoms with Gasteiger partial charge in [-0.2, -0.15) is 0 Å². The monoisotopic (exact) mass is 364 g/mol. The first-order chi connectivity index (χ1) is 12.1. The van der Waals surface area contributed by atoms with Gasteiger partial charge in [-0.25, -0.2) is 4.79 Å². The van der Waals surface area contributed by atoms with Crippen molar-refractivity contribution in [1.29, 1.82) is 0 Å². The summed E-state index contributed by atoms with van der Waals surface area (Å²) >= 11 is 6.33. The van der Waals surface area contributed by atoms with Crippen LogP contribution in [0.1, 0.15) is 18.1 Å². The third-order valence-corrected chi connectivity index (χ3v) is 4.07. The molecule has 2 aromatic rings. The molecule has 0 saturated heterocycles. The third kappa shape index (κ3) is 4.31. The zero-order valence-corrected chi connectivity index (χ0v) is 15.0. The van der Waals surface area contributed by atoms with E-state index >= 15 is 0 Å². The maximum Gasteiger partial charge on any atom is 0.345 e. The van der Waals surface area contributed by atoms with Crippen LogP contribution in [0.25, 0.3) is 0 Å². The van der Waals surface area contributed by atoms with Crippen LogP contribution in [0.3, 0.4) is 0 Å². The number of ether oxygens (including phenoxy) is 3. The molecule has 0 aliphatic carbocycles. The van der Waals surface area contributed by atoms with Crippen molar-refractivity contribution >= 4 is 17.6 Å². The normalized spacial score (nSPS) is 13.1. The fraction of sp³-hybridized carbons (Fsp3) is 0.316. The molecule has 0 spiro atoms. The Bertz CT molecular complexity index is 704. The average Bonchev–Trinajstić information content (AvgIpc) is 2.65. The van der Waals surface area contributed by atoms with Crippen molar-refractivity contribution in [1.82, 2.24) is 0 Å². The first kappa shape index (κ1) is 19.2. The molecule has 0 heterocycles. The number of hydrogen-bond acceptors (Lipinski definition) is 5. The smallest absolute Gasteiger partial charge is 0.345 e. The molecular weight excluding hydrogens is 344 g/mol. The van der Waals surface area contributed by atoms with Gasteiger partial charge < -0.3 is 19.3 Å². The zero-order valence-electron chi connectivity index (χ0n) is 14.2. The summed E-state index contributed by atoms with van der Waals surface area (Å²) in [5.41, 5.74) is -0.299. The van der Waals surface area contributed by atoms with Gasteiger partial charge >= 0.3 is 5.97 Å². The van der Waals surface area contributed by atoms with E-state index in [1.807, 2.05) is 30.3 Å². The first-order valence-electron chi connectivity index (χ1n) is 7.87. The molecule has 0 aromatic heterocycles. The van der Waals surface area contributed by atoms with Crippen LogP contribution >= 0.6 is 11.6 Å². The third-order valence-electron chi connectivity index (χ3n) is 3.75. The van der Waals surface area contributed by atoms with Crippen molar-refractivity contribution < 1.29 is 24.1 Å². The van der Waals surface area contributed by atoms with Gasteiger partial charge in [0.15, 0.2) is 0 Å². The van der Waals surface area contributed by atoms with Crippen molar-refractivity contribution in [3.63, 3.8) is 0 Å². The summed E-state index contributed by atoms with van der Waals surface area (Å²) in [6.07, 6.45) is 0. The largest absolute Gasteiger partial charge is 0.489 e. The number of aliphatic hydroxyl groups excluding tert-OH is 1. The quantitative estimate of drug-likeness (QED) is 0.728. The van der Waals surface area contributed by atoms with Gasteiger partial charge in [0.2, 0.25) is 5.60 Å². The number of esters is 1. The standard InChI is InChI=1S/C19H21ClO5/c1-3-25-19(13-21,18(22)23-2)16-10-9-15(11-17(16)20)24-12-14-7-5-4-6-8-14/h4-11,21H,3,12-13H2,1-2H3. The lowest BCUT2D eigenvalue weighted by Gasteiger charge is -2.30. The number of hydrogen-bond donors (Lipinski definition) is 1. The van der Waals surface area contributed by atoms with Crippen LogP contribution in [0, 0.1) is 0 Å². The zero-order chi connectivity index (χ0) is 18.3. The summed E-state index contributed by atoms with van der Waals surface area (Å²) in [7, 11) is 1.23. The number of carbonyl (C=O) groups is 1. The van der Waals surface area contributed by atoms with Crippen molar-refractivity contribution in [2.45, 2.75) is 19.1 Å². The molecular formula is C19H21ClO5. The average molecular weight is 365 g/mol. The van der Waals surface area contributed by atoms with Gasteiger partial charge in [0.1, 0.15) is 12.4 Å². The fourth-order valence-corrected chi connectivity index (χ4v) is 2.83. The molecule has 134 valence electrons. The highest BCUT2D eigenvalue weighted by Gasteiger charge is 2.43. The van der Waals surface area contributed by atoms with Crippen LogP contribution in [-0.2, 0) is 26.5 Å². The van der Waals surface area contributed by atoms with Gasteiger partial charge in [0.05, 0.1) is 18.7 Å². The molecule has 0 radical (unpaired) electrons. The highest BCUT2D eigenvalue weighted by Crippen LogP contribution is 2.35. The molecule has 0 fully saturated rings. The lowest BCUT2D eigenvalue weighted by Crippen LogP contribution is -2.43. The van der Waals surface area contributed by atoms with Crippen LogP contribution in [0.2, 0.25) is 5.02 Å². The Morgan fingerprint density at radius 3 is 2.48 bits per heavy atom. The molecule has 1 N–H and O–H groups in total. The minimum atomic E-state index is -1.65. The van der Waals surface area contributed by atoms with Crippen molar-refractivity contribution in [3.05, 3.63) is 64.7 Å². The second-order valence-corrected chi connectivity index (χ2v) is 5.73. The maximum absolute atomic E-state index is 12.2. The number of halogens is 1. The molecule has 2 aromatic carbocycles. The Labute approximate surface area is 152 Å². The number of benzene rings is 2. The van der Waals surface area contributed by atoms with Gasteiger partial charge in [-0.05, 0) is 24.6 Å². The second kappa shape index (κ2) is 8.85. The summed E-state index contributed by atoms with van der Waals surface area (Å²) in [4.78, 5) is 12.2.